The number of aliphatic hydroxyl groups is 1. The zero-order valence-corrected chi connectivity index (χ0v) is 32.3. The van der Waals surface area contributed by atoms with Crippen molar-refractivity contribution in [2.45, 2.75) is 66.6 Å². The maximum absolute atomic E-state index is 11.7. The van der Waals surface area contributed by atoms with Crippen molar-refractivity contribution in [1.29, 1.82) is 0 Å². The van der Waals surface area contributed by atoms with E-state index in [9.17, 15) is 29.1 Å². The quantitative estimate of drug-likeness (QED) is 0.0497. The predicted octanol–water partition coefficient (Wildman–Crippen LogP) is 2.00. The molecule has 0 bridgehead atoms. The predicted molar refractivity (Wildman–Crippen MR) is 191 cm³/mol. The van der Waals surface area contributed by atoms with E-state index in [1.807, 2.05) is 13.8 Å². The number of hydrogen-bond acceptors (Lipinski definition) is 17. The van der Waals surface area contributed by atoms with Gasteiger partial charge >= 0.3 is 30.0 Å². The first-order valence-electron chi connectivity index (χ1n) is 17.9. The molecule has 2 N–H and O–H groups in total. The van der Waals surface area contributed by atoms with Crippen LogP contribution in [0.4, 0.5) is 4.79 Å². The summed E-state index contributed by atoms with van der Waals surface area (Å²) in [6.07, 6.45) is 4.83. The van der Waals surface area contributed by atoms with E-state index in [1.54, 1.807) is 27.7 Å². The molecule has 2 aliphatic heterocycles. The molecule has 2 aliphatic rings. The average Bonchev–Trinajstić information content (AvgIpc) is 3.12. The van der Waals surface area contributed by atoms with Gasteiger partial charge in [0, 0.05) is 50.6 Å². The minimum Gasteiger partial charge on any atom is -0.462 e. The van der Waals surface area contributed by atoms with Gasteiger partial charge < -0.3 is 53.1 Å². The van der Waals surface area contributed by atoms with Crippen LogP contribution in [0.3, 0.4) is 0 Å². The molecule has 2 atom stereocenters. The molecule has 0 spiro atoms. The number of hydrogen-bond donors (Lipinski definition) is 2. The number of alkyl carbamates (subject to hydrolysis) is 1. The van der Waals surface area contributed by atoms with Crippen LogP contribution in [0.1, 0.15) is 54.4 Å². The second kappa shape index (κ2) is 30.2. The highest BCUT2D eigenvalue weighted by atomic mass is 16.6. The Hall–Kier alpha value is -4.19. The monoisotopic (exact) mass is 774 g/mol. The Kier molecular flexibility index (Phi) is 27.8. The second-order valence-electron chi connectivity index (χ2n) is 11.9. The first kappa shape index (κ1) is 49.8. The van der Waals surface area contributed by atoms with E-state index in [0.717, 1.165) is 37.1 Å². The molecule has 2 rings (SSSR count). The number of carbonyl (C=O) groups excluding carboxylic acids is 6. The summed E-state index contributed by atoms with van der Waals surface area (Å²) in [5.41, 5.74) is -0.208. The van der Waals surface area contributed by atoms with Gasteiger partial charge in [-0.2, -0.15) is 0 Å². The van der Waals surface area contributed by atoms with Crippen molar-refractivity contribution in [2.75, 3.05) is 92.4 Å². The molecule has 18 heteroatoms. The lowest BCUT2D eigenvalue weighted by molar-refractivity contribution is -0.166. The highest BCUT2D eigenvalue weighted by molar-refractivity contribution is 5.92. The molecule has 2 fully saturated rings. The van der Waals surface area contributed by atoms with E-state index in [2.05, 4.69) is 10.3 Å². The molecular weight excluding hydrogens is 716 g/mol. The first-order valence-corrected chi connectivity index (χ1v) is 17.9. The fourth-order valence-electron chi connectivity index (χ4n) is 3.90. The summed E-state index contributed by atoms with van der Waals surface area (Å²) < 4.78 is 45.5. The molecule has 0 aromatic rings. The molecule has 2 heterocycles. The van der Waals surface area contributed by atoms with Crippen LogP contribution >= 0.6 is 0 Å². The molecule has 308 valence electrons. The Morgan fingerprint density at radius 2 is 1.15 bits per heavy atom. The Balaban J connectivity index is 0.000000938. The van der Waals surface area contributed by atoms with Crippen molar-refractivity contribution in [3.63, 3.8) is 0 Å². The molecule has 0 aromatic carbocycles. The van der Waals surface area contributed by atoms with E-state index >= 15 is 0 Å². The number of aliphatic imine (C=N–C) groups is 1. The summed E-state index contributed by atoms with van der Waals surface area (Å²) in [5, 5.41) is 11.9. The zero-order valence-electron chi connectivity index (χ0n) is 32.3. The number of isocyanates is 1. The number of carbonyl (C=O) groups is 5. The largest absolute Gasteiger partial charge is 0.462 e. The minimum atomic E-state index is -0.882. The summed E-state index contributed by atoms with van der Waals surface area (Å²) >= 11 is 0. The number of aliphatic hydroxyl groups excluding tert-OH is 1. The molecule has 2 unspecified atom stereocenters. The van der Waals surface area contributed by atoms with Crippen molar-refractivity contribution < 1.29 is 76.5 Å². The van der Waals surface area contributed by atoms with Crippen LogP contribution in [0.2, 0.25) is 0 Å². The average molecular weight is 775 g/mol. The van der Waals surface area contributed by atoms with Gasteiger partial charge in [-0.15, -0.1) is 0 Å². The van der Waals surface area contributed by atoms with Crippen molar-refractivity contribution in [3.8, 4) is 0 Å². The van der Waals surface area contributed by atoms with Gasteiger partial charge in [0.05, 0.1) is 50.5 Å². The second-order valence-corrected chi connectivity index (χ2v) is 11.9. The molecule has 0 aromatic heterocycles. The number of rotatable bonds is 23. The van der Waals surface area contributed by atoms with E-state index in [4.69, 9.17) is 47.4 Å². The Morgan fingerprint density at radius 3 is 1.50 bits per heavy atom. The maximum Gasteiger partial charge on any atom is 0.407 e. The lowest BCUT2D eigenvalue weighted by atomic mass is 9.84. The third kappa shape index (κ3) is 23.5. The standard InChI is InChI=1S/C18H29NO8.C15H24O7.C3H5NO/c1-4-18(11-24-12-18)13-26-16(21)8-7-15(20)25-10-14(9-23-6-3)27-17(22)19-5-2;1-3-15(9-20-10-15)11-22-14(18)6-5-13(17)21-8-12(16)7-19-4-2;1-2-4-3-5/h7-8,14H,4-6,9-13H2,1-3H3,(H,19,22);5-6,12,16H,3-4,7-11H2,1-2H3;2H2,1H3/b8-7+;6-5+;. The topological polar surface area (TPSA) is 230 Å². The SMILES string of the molecule is CCN=C=O.CCNC(=O)OC(COCC)COC(=O)/C=C/C(=O)OCC1(CC)COC1.CCOCC(O)COC(=O)/C=C/C(=O)OCC1(CC)COC1. The zero-order chi connectivity index (χ0) is 40.7. The van der Waals surface area contributed by atoms with Gasteiger partial charge in [-0.1, -0.05) is 13.8 Å². The molecule has 1 amide bonds. The Labute approximate surface area is 316 Å². The smallest absolute Gasteiger partial charge is 0.407 e. The fraction of sp³-hybridized carbons (Fsp3) is 0.722. The van der Waals surface area contributed by atoms with Crippen LogP contribution in [0.25, 0.3) is 0 Å². The van der Waals surface area contributed by atoms with Crippen LogP contribution in [0.15, 0.2) is 29.3 Å². The summed E-state index contributed by atoms with van der Waals surface area (Å²) in [7, 11) is 0. The molecule has 18 nitrogen and oxygen atoms in total. The summed E-state index contributed by atoms with van der Waals surface area (Å²) in [6.45, 7) is 15.6. The molecular formula is C36H58N2O16. The number of nitrogens with one attached hydrogen (secondary N) is 1. The van der Waals surface area contributed by atoms with Gasteiger partial charge in [-0.25, -0.2) is 33.8 Å². The van der Waals surface area contributed by atoms with Crippen molar-refractivity contribution >= 4 is 36.1 Å². The molecule has 2 saturated heterocycles. The Morgan fingerprint density at radius 1 is 0.704 bits per heavy atom. The van der Waals surface area contributed by atoms with Gasteiger partial charge in [0.1, 0.15) is 32.5 Å². The highest BCUT2D eigenvalue weighted by Crippen LogP contribution is 2.32. The van der Waals surface area contributed by atoms with Crippen LogP contribution in [0.5, 0.6) is 0 Å². The van der Waals surface area contributed by atoms with Gasteiger partial charge in [-0.05, 0) is 40.5 Å². The summed E-state index contributed by atoms with van der Waals surface area (Å²) in [5.74, 6) is -2.70. The van der Waals surface area contributed by atoms with E-state index < -0.39 is 42.2 Å². The Bertz CT molecular complexity index is 1200. The first-order chi connectivity index (χ1) is 25.9. The number of amides is 1. The number of ether oxygens (including phenoxy) is 9. The third-order valence-corrected chi connectivity index (χ3v) is 7.55. The third-order valence-electron chi connectivity index (χ3n) is 7.55. The van der Waals surface area contributed by atoms with Crippen LogP contribution in [-0.4, -0.2) is 146 Å². The highest BCUT2D eigenvalue weighted by Gasteiger charge is 2.38. The number of nitrogens with zero attached hydrogens (tertiary/aromatic N) is 1. The maximum atomic E-state index is 11.7. The lowest BCUT2D eigenvalue weighted by Crippen LogP contribution is -2.46. The van der Waals surface area contributed by atoms with E-state index in [0.29, 0.717) is 52.7 Å². The lowest BCUT2D eigenvalue weighted by Gasteiger charge is -2.39. The van der Waals surface area contributed by atoms with Gasteiger partial charge in [0.25, 0.3) is 0 Å². The summed E-state index contributed by atoms with van der Waals surface area (Å²) in [6, 6.07) is 0. The van der Waals surface area contributed by atoms with Crippen LogP contribution in [0, 0.1) is 10.8 Å². The van der Waals surface area contributed by atoms with Crippen molar-refractivity contribution in [2.24, 2.45) is 15.8 Å². The molecule has 0 saturated carbocycles. The minimum absolute atomic E-state index is 0.0899. The van der Waals surface area contributed by atoms with Crippen LogP contribution in [-0.2, 0) is 66.6 Å². The molecule has 54 heavy (non-hydrogen) atoms. The van der Waals surface area contributed by atoms with Crippen LogP contribution < -0.4 is 5.32 Å². The van der Waals surface area contributed by atoms with Crippen molar-refractivity contribution in [3.05, 3.63) is 24.3 Å². The van der Waals surface area contributed by atoms with Gasteiger partial charge in [0.2, 0.25) is 6.08 Å². The van der Waals surface area contributed by atoms with E-state index in [-0.39, 0.29) is 50.5 Å². The fourth-order valence-corrected chi connectivity index (χ4v) is 3.90. The normalized spacial score (nSPS) is 15.9. The van der Waals surface area contributed by atoms with Gasteiger partial charge in [0.15, 0.2) is 6.10 Å². The molecule has 0 aliphatic carbocycles. The van der Waals surface area contributed by atoms with Crippen molar-refractivity contribution in [1.82, 2.24) is 5.32 Å². The van der Waals surface area contributed by atoms with Gasteiger partial charge in [-0.3, -0.25) is 0 Å². The van der Waals surface area contributed by atoms with E-state index in [1.165, 1.54) is 6.08 Å². The summed E-state index contributed by atoms with van der Waals surface area (Å²) in [4.78, 5) is 70.0. The molecule has 0 radical (unpaired) electrons. The number of esters is 4.